The van der Waals surface area contributed by atoms with E-state index in [0.717, 1.165) is 5.69 Å². The second-order valence-electron chi connectivity index (χ2n) is 5.13. The molecule has 0 spiro atoms. The SMILES string of the molecule is CC(=O)c1cccc(N=C2NC(=O)C(=Cc3cccn3C)S2)c1. The van der Waals surface area contributed by atoms with Crippen molar-refractivity contribution in [3.8, 4) is 0 Å². The number of ketones is 1. The van der Waals surface area contributed by atoms with Gasteiger partial charge in [0.1, 0.15) is 0 Å². The Morgan fingerprint density at radius 2 is 2.13 bits per heavy atom. The van der Waals surface area contributed by atoms with Crippen LogP contribution in [0.4, 0.5) is 5.69 Å². The van der Waals surface area contributed by atoms with E-state index in [1.165, 1.54) is 18.7 Å². The summed E-state index contributed by atoms with van der Waals surface area (Å²) >= 11 is 1.29. The number of Topliss-reactive ketones (excluding diaryl/α,β-unsaturated/α-hetero) is 1. The number of aliphatic imine (C=N–C) groups is 1. The van der Waals surface area contributed by atoms with Crippen LogP contribution in [0.3, 0.4) is 0 Å². The standard InChI is InChI=1S/C17H15N3O2S/c1-11(21)12-5-3-6-13(9-12)18-17-19-16(22)15(23-17)10-14-7-4-8-20(14)2/h3-10H,1-2H3,(H,18,19,22). The largest absolute Gasteiger partial charge is 0.351 e. The number of aromatic nitrogens is 1. The van der Waals surface area contributed by atoms with Crippen molar-refractivity contribution in [3.63, 3.8) is 0 Å². The summed E-state index contributed by atoms with van der Waals surface area (Å²) in [6.07, 6.45) is 3.75. The van der Waals surface area contributed by atoms with Crippen LogP contribution in [0.5, 0.6) is 0 Å². The Balaban J connectivity index is 1.85. The number of benzene rings is 1. The summed E-state index contributed by atoms with van der Waals surface area (Å²) in [5, 5.41) is 3.25. The minimum absolute atomic E-state index is 0.0144. The first-order chi connectivity index (χ1) is 11.0. The van der Waals surface area contributed by atoms with Crippen LogP contribution >= 0.6 is 11.8 Å². The quantitative estimate of drug-likeness (QED) is 0.696. The highest BCUT2D eigenvalue weighted by Crippen LogP contribution is 2.28. The molecular formula is C17H15N3O2S. The zero-order chi connectivity index (χ0) is 16.4. The average Bonchev–Trinajstić information content (AvgIpc) is 3.06. The van der Waals surface area contributed by atoms with Gasteiger partial charge < -0.3 is 9.88 Å². The molecule has 2 aromatic rings. The Morgan fingerprint density at radius 3 is 2.83 bits per heavy atom. The van der Waals surface area contributed by atoms with E-state index >= 15 is 0 Å². The van der Waals surface area contributed by atoms with E-state index in [1.807, 2.05) is 36.0 Å². The first kappa shape index (κ1) is 15.3. The number of amidine groups is 1. The highest BCUT2D eigenvalue weighted by Gasteiger charge is 2.24. The molecule has 1 aliphatic heterocycles. The molecule has 0 unspecified atom stereocenters. The molecule has 0 atom stereocenters. The minimum atomic E-state index is -0.169. The van der Waals surface area contributed by atoms with E-state index < -0.39 is 0 Å². The Bertz CT molecular complexity index is 849. The van der Waals surface area contributed by atoms with Crippen molar-refractivity contribution in [2.75, 3.05) is 0 Å². The van der Waals surface area contributed by atoms with Gasteiger partial charge in [-0.2, -0.15) is 0 Å². The Kier molecular flexibility index (Phi) is 4.16. The number of rotatable bonds is 3. The molecule has 1 saturated heterocycles. The van der Waals surface area contributed by atoms with Gasteiger partial charge in [0.15, 0.2) is 11.0 Å². The minimum Gasteiger partial charge on any atom is -0.351 e. The third-order valence-corrected chi connectivity index (χ3v) is 4.31. The number of nitrogens with one attached hydrogen (secondary N) is 1. The van der Waals surface area contributed by atoms with Crippen LogP contribution < -0.4 is 5.32 Å². The van der Waals surface area contributed by atoms with E-state index in [2.05, 4.69) is 10.3 Å². The Morgan fingerprint density at radius 1 is 1.30 bits per heavy atom. The van der Waals surface area contributed by atoms with E-state index in [1.54, 1.807) is 24.3 Å². The lowest BCUT2D eigenvalue weighted by molar-refractivity contribution is -0.115. The van der Waals surface area contributed by atoms with Crippen LogP contribution in [0, 0.1) is 0 Å². The highest BCUT2D eigenvalue weighted by molar-refractivity contribution is 8.18. The molecule has 1 aromatic carbocycles. The highest BCUT2D eigenvalue weighted by atomic mass is 32.2. The van der Waals surface area contributed by atoms with Gasteiger partial charge in [0.25, 0.3) is 5.91 Å². The van der Waals surface area contributed by atoms with E-state index in [9.17, 15) is 9.59 Å². The van der Waals surface area contributed by atoms with Crippen LogP contribution in [0.1, 0.15) is 23.0 Å². The fourth-order valence-corrected chi connectivity index (χ4v) is 2.98. The zero-order valence-corrected chi connectivity index (χ0v) is 13.6. The fraction of sp³-hybridized carbons (Fsp3) is 0.118. The molecule has 23 heavy (non-hydrogen) atoms. The summed E-state index contributed by atoms with van der Waals surface area (Å²) in [6.45, 7) is 1.51. The molecule has 3 rings (SSSR count). The first-order valence-corrected chi connectivity index (χ1v) is 7.86. The first-order valence-electron chi connectivity index (χ1n) is 7.05. The van der Waals surface area contributed by atoms with Crippen molar-refractivity contribution in [2.45, 2.75) is 6.92 Å². The second kappa shape index (κ2) is 6.26. The number of nitrogens with zero attached hydrogens (tertiary/aromatic N) is 2. The predicted octanol–water partition coefficient (Wildman–Crippen LogP) is 3.12. The second-order valence-corrected chi connectivity index (χ2v) is 6.16. The summed E-state index contributed by atoms with van der Waals surface area (Å²) in [6, 6.07) is 10.9. The molecule has 1 aliphatic rings. The van der Waals surface area contributed by atoms with Gasteiger partial charge in [0, 0.05) is 24.5 Å². The Labute approximate surface area is 138 Å². The van der Waals surface area contributed by atoms with Crippen molar-refractivity contribution >= 4 is 40.4 Å². The van der Waals surface area contributed by atoms with Crippen LogP contribution in [0.25, 0.3) is 6.08 Å². The van der Waals surface area contributed by atoms with Crippen molar-refractivity contribution < 1.29 is 9.59 Å². The lowest BCUT2D eigenvalue weighted by atomic mass is 10.1. The summed E-state index contributed by atoms with van der Waals surface area (Å²) in [4.78, 5) is 28.4. The van der Waals surface area contributed by atoms with Gasteiger partial charge in [0.2, 0.25) is 0 Å². The molecule has 1 aromatic heterocycles. The molecule has 5 nitrogen and oxygen atoms in total. The molecule has 1 amide bonds. The van der Waals surface area contributed by atoms with Gasteiger partial charge in [-0.1, -0.05) is 12.1 Å². The maximum atomic E-state index is 12.0. The maximum absolute atomic E-state index is 12.0. The Hall–Kier alpha value is -2.60. The molecule has 0 saturated carbocycles. The van der Waals surface area contributed by atoms with Crippen LogP contribution in [-0.4, -0.2) is 21.4 Å². The summed E-state index contributed by atoms with van der Waals surface area (Å²) in [5.74, 6) is -0.183. The topological polar surface area (TPSA) is 63.5 Å². The lowest BCUT2D eigenvalue weighted by Gasteiger charge is -1.99. The van der Waals surface area contributed by atoms with E-state index in [0.29, 0.717) is 21.3 Å². The zero-order valence-electron chi connectivity index (χ0n) is 12.7. The molecule has 6 heteroatoms. The number of aryl methyl sites for hydroxylation is 1. The molecule has 1 N–H and O–H groups in total. The van der Waals surface area contributed by atoms with Crippen molar-refractivity contribution in [3.05, 3.63) is 58.8 Å². The lowest BCUT2D eigenvalue weighted by Crippen LogP contribution is -2.19. The molecule has 1 fully saturated rings. The van der Waals surface area contributed by atoms with Gasteiger partial charge >= 0.3 is 0 Å². The molecule has 0 bridgehead atoms. The molecule has 2 heterocycles. The normalized spacial score (nSPS) is 17.7. The predicted molar refractivity (Wildman–Crippen MR) is 92.7 cm³/mol. The van der Waals surface area contributed by atoms with Crippen LogP contribution in [-0.2, 0) is 11.8 Å². The van der Waals surface area contributed by atoms with Gasteiger partial charge in [-0.05, 0) is 49.0 Å². The average molecular weight is 325 g/mol. The van der Waals surface area contributed by atoms with Crippen molar-refractivity contribution in [1.29, 1.82) is 0 Å². The third kappa shape index (κ3) is 3.43. The maximum Gasteiger partial charge on any atom is 0.264 e. The van der Waals surface area contributed by atoms with Gasteiger partial charge in [-0.25, -0.2) is 4.99 Å². The van der Waals surface area contributed by atoms with Crippen molar-refractivity contribution in [1.82, 2.24) is 9.88 Å². The van der Waals surface area contributed by atoms with Crippen LogP contribution in [0.15, 0.2) is 52.5 Å². The molecular weight excluding hydrogens is 310 g/mol. The third-order valence-electron chi connectivity index (χ3n) is 3.40. The number of hydrogen-bond acceptors (Lipinski definition) is 4. The summed E-state index contributed by atoms with van der Waals surface area (Å²) in [7, 11) is 1.92. The van der Waals surface area contributed by atoms with Crippen LogP contribution in [0.2, 0.25) is 0 Å². The van der Waals surface area contributed by atoms with Gasteiger partial charge in [-0.15, -0.1) is 0 Å². The fourth-order valence-electron chi connectivity index (χ4n) is 2.15. The number of thioether (sulfide) groups is 1. The number of hydrogen-bond donors (Lipinski definition) is 1. The van der Waals surface area contributed by atoms with Crippen molar-refractivity contribution in [2.24, 2.45) is 12.0 Å². The monoisotopic (exact) mass is 325 g/mol. The van der Waals surface area contributed by atoms with E-state index in [-0.39, 0.29) is 11.7 Å². The summed E-state index contributed by atoms with van der Waals surface area (Å²) in [5.41, 5.74) is 2.18. The number of carbonyl (C=O) groups excluding carboxylic acids is 2. The van der Waals surface area contributed by atoms with Gasteiger partial charge in [0.05, 0.1) is 10.6 Å². The molecule has 0 aliphatic carbocycles. The number of carbonyl (C=O) groups is 2. The summed E-state index contributed by atoms with van der Waals surface area (Å²) < 4.78 is 1.94. The number of amides is 1. The van der Waals surface area contributed by atoms with E-state index in [4.69, 9.17) is 0 Å². The van der Waals surface area contributed by atoms with Gasteiger partial charge in [-0.3, -0.25) is 9.59 Å². The smallest absolute Gasteiger partial charge is 0.264 e. The molecule has 116 valence electrons. The molecule has 0 radical (unpaired) electrons.